The molecule has 0 amide bonds. The van der Waals surface area contributed by atoms with Gasteiger partial charge >= 0.3 is 0 Å². The molecule has 0 aliphatic heterocycles. The fourth-order valence-electron chi connectivity index (χ4n) is 1.58. The van der Waals surface area contributed by atoms with Gasteiger partial charge in [0.1, 0.15) is 17.9 Å². The quantitative estimate of drug-likeness (QED) is 0.837. The van der Waals surface area contributed by atoms with Crippen molar-refractivity contribution in [2.24, 2.45) is 0 Å². The van der Waals surface area contributed by atoms with Gasteiger partial charge in [-0.1, -0.05) is 0 Å². The second kappa shape index (κ2) is 5.37. The van der Waals surface area contributed by atoms with Crippen LogP contribution in [0.5, 0.6) is 5.75 Å². The van der Waals surface area contributed by atoms with Crippen LogP contribution >= 0.6 is 0 Å². The Hall–Kier alpha value is -1.93. The van der Waals surface area contributed by atoms with Crippen molar-refractivity contribution < 1.29 is 13.2 Å². The number of aromatic nitrogens is 3. The van der Waals surface area contributed by atoms with Crippen molar-refractivity contribution in [2.75, 3.05) is 7.11 Å². The van der Waals surface area contributed by atoms with E-state index in [1.54, 1.807) is 26.2 Å². The topological polar surface area (TPSA) is 97.0 Å². The molecular formula is C11H14N4O3S. The molecule has 19 heavy (non-hydrogen) atoms. The maximum Gasteiger partial charge on any atom is 0.240 e. The molecule has 0 radical (unpaired) electrons. The molecular weight excluding hydrogens is 268 g/mol. The summed E-state index contributed by atoms with van der Waals surface area (Å²) in [4.78, 5) is 4.03. The van der Waals surface area contributed by atoms with Crippen molar-refractivity contribution in [3.05, 3.63) is 35.9 Å². The smallest absolute Gasteiger partial charge is 0.240 e. The van der Waals surface area contributed by atoms with Crippen LogP contribution in [0.3, 0.4) is 0 Å². The number of rotatable bonds is 5. The van der Waals surface area contributed by atoms with Crippen molar-refractivity contribution in [3.63, 3.8) is 0 Å². The van der Waals surface area contributed by atoms with Gasteiger partial charge in [0, 0.05) is 0 Å². The van der Waals surface area contributed by atoms with Crippen LogP contribution in [-0.2, 0) is 16.6 Å². The first-order valence-corrected chi connectivity index (χ1v) is 7.00. The molecule has 0 atom stereocenters. The Kier molecular flexibility index (Phi) is 3.82. The Morgan fingerprint density at radius 2 is 2.21 bits per heavy atom. The van der Waals surface area contributed by atoms with Crippen LogP contribution < -0.4 is 9.46 Å². The molecule has 7 nitrogen and oxygen atoms in total. The number of aryl methyl sites for hydroxylation is 1. The lowest BCUT2D eigenvalue weighted by Crippen LogP contribution is -2.24. The summed E-state index contributed by atoms with van der Waals surface area (Å²) in [5, 5.41) is 6.23. The number of sulfonamides is 1. The van der Waals surface area contributed by atoms with Gasteiger partial charge in [-0.15, -0.1) is 0 Å². The van der Waals surface area contributed by atoms with Gasteiger partial charge < -0.3 is 4.74 Å². The first-order chi connectivity index (χ1) is 9.03. The lowest BCUT2D eigenvalue weighted by atomic mass is 10.2. The molecule has 2 N–H and O–H groups in total. The minimum atomic E-state index is -3.58. The summed E-state index contributed by atoms with van der Waals surface area (Å²) in [6.07, 6.45) is 1.32. The Morgan fingerprint density at radius 1 is 1.42 bits per heavy atom. The summed E-state index contributed by atoms with van der Waals surface area (Å²) >= 11 is 0. The first-order valence-electron chi connectivity index (χ1n) is 5.51. The highest BCUT2D eigenvalue weighted by molar-refractivity contribution is 7.89. The normalized spacial score (nSPS) is 11.5. The van der Waals surface area contributed by atoms with E-state index < -0.39 is 10.0 Å². The SMILES string of the molecule is COc1ccc(S(=O)(=O)NCc2ncn[nH]2)cc1C. The van der Waals surface area contributed by atoms with E-state index >= 15 is 0 Å². The molecule has 0 aliphatic rings. The molecule has 102 valence electrons. The van der Waals surface area contributed by atoms with E-state index in [1.165, 1.54) is 12.4 Å². The molecule has 0 spiro atoms. The van der Waals surface area contributed by atoms with Crippen LogP contribution in [0.25, 0.3) is 0 Å². The summed E-state index contributed by atoms with van der Waals surface area (Å²) in [6.45, 7) is 1.85. The van der Waals surface area contributed by atoms with Crippen molar-refractivity contribution in [1.82, 2.24) is 19.9 Å². The van der Waals surface area contributed by atoms with Gasteiger partial charge in [-0.3, -0.25) is 5.10 Å². The van der Waals surface area contributed by atoms with Crippen LogP contribution in [0.4, 0.5) is 0 Å². The maximum absolute atomic E-state index is 12.1. The van der Waals surface area contributed by atoms with Crippen molar-refractivity contribution in [1.29, 1.82) is 0 Å². The monoisotopic (exact) mass is 282 g/mol. The standard InChI is InChI=1S/C11H14N4O3S/c1-8-5-9(3-4-10(8)18-2)19(16,17)14-6-11-12-7-13-15-11/h3-5,7,14H,6H2,1-2H3,(H,12,13,15). The summed E-state index contributed by atoms with van der Waals surface area (Å²) in [7, 11) is -2.04. The van der Waals surface area contributed by atoms with Crippen molar-refractivity contribution in [2.45, 2.75) is 18.4 Å². The van der Waals surface area contributed by atoms with E-state index in [0.29, 0.717) is 11.6 Å². The third-order valence-electron chi connectivity index (χ3n) is 2.57. The van der Waals surface area contributed by atoms with Gasteiger partial charge in [0.05, 0.1) is 18.6 Å². The zero-order valence-corrected chi connectivity index (χ0v) is 11.4. The highest BCUT2D eigenvalue weighted by Crippen LogP contribution is 2.21. The molecule has 0 unspecified atom stereocenters. The Balaban J connectivity index is 2.17. The molecule has 1 aromatic heterocycles. The molecule has 0 bridgehead atoms. The van der Waals surface area contributed by atoms with E-state index in [2.05, 4.69) is 19.9 Å². The maximum atomic E-state index is 12.1. The Morgan fingerprint density at radius 3 is 2.79 bits per heavy atom. The Labute approximate surface area is 111 Å². The Bertz CT molecular complexity index is 653. The molecule has 1 heterocycles. The highest BCUT2D eigenvalue weighted by Gasteiger charge is 2.15. The minimum absolute atomic E-state index is 0.0629. The van der Waals surface area contributed by atoms with Gasteiger partial charge in [-0.05, 0) is 30.7 Å². The van der Waals surface area contributed by atoms with Gasteiger partial charge in [0.2, 0.25) is 10.0 Å². The molecule has 2 aromatic rings. The number of hydrogen-bond donors (Lipinski definition) is 2. The number of ether oxygens (including phenoxy) is 1. The average Bonchev–Trinajstić information content (AvgIpc) is 2.89. The van der Waals surface area contributed by atoms with Crippen LogP contribution in [0.2, 0.25) is 0 Å². The van der Waals surface area contributed by atoms with Crippen molar-refractivity contribution in [3.8, 4) is 5.75 Å². The lowest BCUT2D eigenvalue weighted by molar-refractivity contribution is 0.411. The van der Waals surface area contributed by atoms with Crippen LogP contribution in [0.1, 0.15) is 11.4 Å². The predicted octanol–water partition coefficient (Wildman–Crippen LogP) is 0.600. The second-order valence-electron chi connectivity index (χ2n) is 3.89. The molecule has 0 saturated carbocycles. The number of hydrogen-bond acceptors (Lipinski definition) is 5. The van der Waals surface area contributed by atoms with Crippen LogP contribution in [0, 0.1) is 6.92 Å². The van der Waals surface area contributed by atoms with Crippen LogP contribution in [-0.4, -0.2) is 30.7 Å². The fraction of sp³-hybridized carbons (Fsp3) is 0.273. The summed E-state index contributed by atoms with van der Waals surface area (Å²) in [5.74, 6) is 1.10. The van der Waals surface area contributed by atoms with E-state index in [9.17, 15) is 8.42 Å². The number of nitrogens with zero attached hydrogens (tertiary/aromatic N) is 2. The highest BCUT2D eigenvalue weighted by atomic mass is 32.2. The van der Waals surface area contributed by atoms with Gasteiger partial charge in [-0.25, -0.2) is 18.1 Å². The molecule has 1 aromatic carbocycles. The molecule has 0 aliphatic carbocycles. The minimum Gasteiger partial charge on any atom is -0.496 e. The van der Waals surface area contributed by atoms with E-state index in [-0.39, 0.29) is 11.4 Å². The van der Waals surface area contributed by atoms with E-state index in [0.717, 1.165) is 5.56 Å². The zero-order chi connectivity index (χ0) is 13.9. The van der Waals surface area contributed by atoms with E-state index in [1.807, 2.05) is 0 Å². The first kappa shape index (κ1) is 13.5. The summed E-state index contributed by atoms with van der Waals surface area (Å²) in [5.41, 5.74) is 0.755. The summed E-state index contributed by atoms with van der Waals surface area (Å²) in [6, 6.07) is 4.68. The number of nitrogens with one attached hydrogen (secondary N) is 2. The molecule has 2 rings (SSSR count). The average molecular weight is 282 g/mol. The second-order valence-corrected chi connectivity index (χ2v) is 5.66. The molecule has 8 heteroatoms. The van der Waals surface area contributed by atoms with Crippen molar-refractivity contribution >= 4 is 10.0 Å². The summed E-state index contributed by atoms with van der Waals surface area (Å²) < 4.78 is 31.7. The number of benzene rings is 1. The predicted molar refractivity (Wildman–Crippen MR) is 68.1 cm³/mol. The third-order valence-corrected chi connectivity index (χ3v) is 3.97. The van der Waals surface area contributed by atoms with Gasteiger partial charge in [-0.2, -0.15) is 5.10 Å². The zero-order valence-electron chi connectivity index (χ0n) is 10.5. The van der Waals surface area contributed by atoms with Gasteiger partial charge in [0.25, 0.3) is 0 Å². The molecule has 0 saturated heterocycles. The number of aromatic amines is 1. The number of methoxy groups -OCH3 is 1. The van der Waals surface area contributed by atoms with E-state index in [4.69, 9.17) is 4.74 Å². The number of H-pyrrole nitrogens is 1. The molecule has 0 fully saturated rings. The lowest BCUT2D eigenvalue weighted by Gasteiger charge is -2.08. The fourth-order valence-corrected chi connectivity index (χ4v) is 2.65. The largest absolute Gasteiger partial charge is 0.496 e. The van der Waals surface area contributed by atoms with Gasteiger partial charge in [0.15, 0.2) is 0 Å². The third kappa shape index (κ3) is 3.09. The van der Waals surface area contributed by atoms with Crippen LogP contribution in [0.15, 0.2) is 29.4 Å².